The second-order valence-corrected chi connectivity index (χ2v) is 7.05. The second kappa shape index (κ2) is 7.42. The minimum atomic E-state index is 0.213. The van der Waals surface area contributed by atoms with Gasteiger partial charge in [-0.25, -0.2) is 4.98 Å². The van der Waals surface area contributed by atoms with Crippen LogP contribution in [-0.4, -0.2) is 41.6 Å². The summed E-state index contributed by atoms with van der Waals surface area (Å²) in [4.78, 5) is 11.4. The number of fused-ring (bicyclic) bond motifs is 1. The van der Waals surface area contributed by atoms with Crippen LogP contribution < -0.4 is 4.74 Å². The number of ether oxygens (including phenoxy) is 1. The Kier molecular flexibility index (Phi) is 4.85. The third-order valence-corrected chi connectivity index (χ3v) is 5.50. The molecule has 0 fully saturated rings. The minimum absolute atomic E-state index is 0.213. The van der Waals surface area contributed by atoms with Crippen molar-refractivity contribution in [3.8, 4) is 5.88 Å². The SMILES string of the molecule is COc1nccnc1C(C)C1C(CCN2CC=CC2)=Cc2ccccc21. The molecule has 4 rings (SSSR count). The predicted molar refractivity (Wildman–Crippen MR) is 104 cm³/mol. The Morgan fingerprint density at radius 1 is 1.15 bits per heavy atom. The zero-order chi connectivity index (χ0) is 17.9. The molecular formula is C22H25N3O. The van der Waals surface area contributed by atoms with E-state index in [9.17, 15) is 0 Å². The number of hydrogen-bond donors (Lipinski definition) is 0. The fraction of sp³-hybridized carbons (Fsp3) is 0.364. The molecule has 1 aromatic heterocycles. The molecule has 2 aromatic rings. The molecule has 4 nitrogen and oxygen atoms in total. The Morgan fingerprint density at radius 3 is 2.73 bits per heavy atom. The normalized spacial score (nSPS) is 20.1. The average Bonchev–Trinajstić information content (AvgIpc) is 3.33. The van der Waals surface area contributed by atoms with Gasteiger partial charge >= 0.3 is 0 Å². The number of rotatable bonds is 6. The van der Waals surface area contributed by atoms with E-state index in [4.69, 9.17) is 4.74 Å². The summed E-state index contributed by atoms with van der Waals surface area (Å²) in [6, 6.07) is 8.72. The van der Waals surface area contributed by atoms with Crippen LogP contribution in [0.15, 0.2) is 54.4 Å². The fourth-order valence-corrected chi connectivity index (χ4v) is 4.19. The zero-order valence-corrected chi connectivity index (χ0v) is 15.4. The summed E-state index contributed by atoms with van der Waals surface area (Å²) in [6.45, 7) is 5.47. The largest absolute Gasteiger partial charge is 0.480 e. The summed E-state index contributed by atoms with van der Waals surface area (Å²) in [5.41, 5.74) is 5.15. The maximum Gasteiger partial charge on any atom is 0.235 e. The lowest BCUT2D eigenvalue weighted by Crippen LogP contribution is -2.22. The Bertz CT molecular complexity index is 835. The van der Waals surface area contributed by atoms with Gasteiger partial charge in [-0.2, -0.15) is 0 Å². The van der Waals surface area contributed by atoms with E-state index in [1.807, 2.05) is 0 Å². The molecule has 0 radical (unpaired) electrons. The highest BCUT2D eigenvalue weighted by atomic mass is 16.5. The number of aromatic nitrogens is 2. The first-order valence-electron chi connectivity index (χ1n) is 9.29. The molecule has 2 heterocycles. The Hall–Kier alpha value is -2.46. The molecule has 26 heavy (non-hydrogen) atoms. The summed E-state index contributed by atoms with van der Waals surface area (Å²) in [5.74, 6) is 1.17. The van der Waals surface area contributed by atoms with Gasteiger partial charge in [-0.15, -0.1) is 0 Å². The van der Waals surface area contributed by atoms with E-state index >= 15 is 0 Å². The van der Waals surface area contributed by atoms with Crippen molar-refractivity contribution in [2.24, 2.45) is 0 Å². The van der Waals surface area contributed by atoms with Crippen molar-refractivity contribution in [3.63, 3.8) is 0 Å². The first kappa shape index (κ1) is 17.0. The molecule has 134 valence electrons. The summed E-state index contributed by atoms with van der Waals surface area (Å²) in [7, 11) is 1.67. The highest BCUT2D eigenvalue weighted by Crippen LogP contribution is 2.47. The van der Waals surface area contributed by atoms with Crippen LogP contribution >= 0.6 is 0 Å². The number of methoxy groups -OCH3 is 1. The molecule has 4 heteroatoms. The van der Waals surface area contributed by atoms with Gasteiger partial charge in [0.2, 0.25) is 5.88 Å². The van der Waals surface area contributed by atoms with Crippen LogP contribution in [0.1, 0.15) is 42.0 Å². The van der Waals surface area contributed by atoms with Gasteiger partial charge in [-0.3, -0.25) is 9.88 Å². The van der Waals surface area contributed by atoms with Gasteiger partial charge in [0.15, 0.2) is 0 Å². The van der Waals surface area contributed by atoms with Gasteiger partial charge in [-0.1, -0.05) is 55.0 Å². The summed E-state index contributed by atoms with van der Waals surface area (Å²) >= 11 is 0. The highest BCUT2D eigenvalue weighted by molar-refractivity contribution is 5.67. The first-order valence-corrected chi connectivity index (χ1v) is 9.29. The van der Waals surface area contributed by atoms with E-state index in [1.54, 1.807) is 19.5 Å². The van der Waals surface area contributed by atoms with E-state index in [-0.39, 0.29) is 5.92 Å². The predicted octanol–water partition coefficient (Wildman–Crippen LogP) is 4.03. The molecule has 2 unspecified atom stereocenters. The molecular weight excluding hydrogens is 322 g/mol. The van der Waals surface area contributed by atoms with Crippen molar-refractivity contribution in [1.82, 2.24) is 14.9 Å². The second-order valence-electron chi connectivity index (χ2n) is 7.05. The van der Waals surface area contributed by atoms with Gasteiger partial charge in [0.25, 0.3) is 0 Å². The lowest BCUT2D eigenvalue weighted by molar-refractivity contribution is 0.352. The minimum Gasteiger partial charge on any atom is -0.480 e. The third-order valence-electron chi connectivity index (χ3n) is 5.50. The van der Waals surface area contributed by atoms with Crippen LogP contribution in [0.4, 0.5) is 0 Å². The number of benzene rings is 1. The monoisotopic (exact) mass is 347 g/mol. The highest BCUT2D eigenvalue weighted by Gasteiger charge is 2.33. The molecule has 0 saturated carbocycles. The molecule has 0 N–H and O–H groups in total. The van der Waals surface area contributed by atoms with Gasteiger partial charge in [0.1, 0.15) is 5.69 Å². The molecule has 1 aliphatic heterocycles. The zero-order valence-electron chi connectivity index (χ0n) is 15.4. The molecule has 0 spiro atoms. The maximum atomic E-state index is 5.48. The number of hydrogen-bond acceptors (Lipinski definition) is 4. The molecule has 1 aliphatic carbocycles. The van der Waals surface area contributed by atoms with Crippen molar-refractivity contribution in [1.29, 1.82) is 0 Å². The van der Waals surface area contributed by atoms with Crippen molar-refractivity contribution >= 4 is 6.08 Å². The maximum absolute atomic E-state index is 5.48. The number of nitrogens with zero attached hydrogens (tertiary/aromatic N) is 3. The van der Waals surface area contributed by atoms with Crippen LogP contribution in [0, 0.1) is 0 Å². The van der Waals surface area contributed by atoms with E-state index < -0.39 is 0 Å². The van der Waals surface area contributed by atoms with Crippen LogP contribution in [0.25, 0.3) is 6.08 Å². The van der Waals surface area contributed by atoms with Crippen molar-refractivity contribution in [3.05, 3.63) is 71.2 Å². The van der Waals surface area contributed by atoms with Crippen LogP contribution in [0.2, 0.25) is 0 Å². The first-order chi connectivity index (χ1) is 12.8. The van der Waals surface area contributed by atoms with Crippen molar-refractivity contribution in [2.75, 3.05) is 26.7 Å². The van der Waals surface area contributed by atoms with E-state index in [0.29, 0.717) is 11.8 Å². The lowest BCUT2D eigenvalue weighted by Gasteiger charge is -2.26. The molecule has 0 saturated heterocycles. The smallest absolute Gasteiger partial charge is 0.235 e. The van der Waals surface area contributed by atoms with Crippen molar-refractivity contribution in [2.45, 2.75) is 25.2 Å². The average molecular weight is 347 g/mol. The summed E-state index contributed by atoms with van der Waals surface area (Å²) in [6.07, 6.45) is 11.4. The van der Waals surface area contributed by atoms with Gasteiger partial charge < -0.3 is 4.74 Å². The van der Waals surface area contributed by atoms with Gasteiger partial charge in [-0.05, 0) is 17.5 Å². The molecule has 0 amide bonds. The molecule has 2 atom stereocenters. The van der Waals surface area contributed by atoms with Gasteiger partial charge in [0.05, 0.1) is 7.11 Å². The van der Waals surface area contributed by atoms with Crippen LogP contribution in [-0.2, 0) is 0 Å². The van der Waals surface area contributed by atoms with E-state index in [0.717, 1.165) is 31.7 Å². The van der Waals surface area contributed by atoms with Crippen LogP contribution in [0.3, 0.4) is 0 Å². The standard InChI is InChI=1S/C22H25N3O/c1-16(21-22(26-2)24-11-10-23-21)20-18(9-14-25-12-5-6-13-25)15-17-7-3-4-8-19(17)20/h3-8,10-11,15-16,20H,9,12-14H2,1-2H3. The lowest BCUT2D eigenvalue weighted by atomic mass is 9.81. The van der Waals surface area contributed by atoms with E-state index in [2.05, 4.69) is 64.3 Å². The van der Waals surface area contributed by atoms with Gasteiger partial charge in [0, 0.05) is 43.9 Å². The van der Waals surface area contributed by atoms with Crippen molar-refractivity contribution < 1.29 is 4.74 Å². The molecule has 0 bridgehead atoms. The third kappa shape index (κ3) is 3.17. The Labute approximate surface area is 155 Å². The molecule has 2 aliphatic rings. The molecule has 1 aromatic carbocycles. The quantitative estimate of drug-likeness (QED) is 0.740. The Balaban J connectivity index is 1.63. The summed E-state index contributed by atoms with van der Waals surface area (Å²) < 4.78 is 5.48. The fourth-order valence-electron chi connectivity index (χ4n) is 4.19. The Morgan fingerprint density at radius 2 is 1.92 bits per heavy atom. The van der Waals surface area contributed by atoms with E-state index in [1.165, 1.54) is 16.7 Å². The topological polar surface area (TPSA) is 38.3 Å². The summed E-state index contributed by atoms with van der Waals surface area (Å²) in [5, 5.41) is 0. The van der Waals surface area contributed by atoms with Crippen LogP contribution in [0.5, 0.6) is 5.88 Å².